The predicted molar refractivity (Wildman–Crippen MR) is 336 cm³/mol. The van der Waals surface area contributed by atoms with Gasteiger partial charge in [-0.25, -0.2) is 0 Å². The lowest BCUT2D eigenvalue weighted by molar-refractivity contribution is 0.472. The minimum atomic E-state index is -5.30. The molecule has 0 aliphatic carbocycles. The van der Waals surface area contributed by atoms with Gasteiger partial charge in [-0.3, -0.25) is 27.3 Å². The Morgan fingerprint density at radius 3 is 1.23 bits per heavy atom. The number of hydrogen-bond donors (Lipinski definition) is 12. The second kappa shape index (κ2) is 24.2. The average molecular weight is 1440 g/mol. The number of aromatic nitrogens is 6. The summed E-state index contributed by atoms with van der Waals surface area (Å²) in [6.07, 6.45) is 0. The highest BCUT2D eigenvalue weighted by atomic mass is 35.5. The van der Waals surface area contributed by atoms with Crippen LogP contribution in [0.15, 0.2) is 183 Å². The van der Waals surface area contributed by atoms with Crippen molar-refractivity contribution in [2.45, 2.75) is 29.4 Å². The van der Waals surface area contributed by atoms with Gasteiger partial charge in [0.25, 0.3) is 60.7 Å². The van der Waals surface area contributed by atoms with Gasteiger partial charge in [-0.05, 0) is 113 Å². The molecular weight excluding hydrogens is 1400 g/mol. The average Bonchev–Trinajstić information content (AvgIpc) is 0.773. The van der Waals surface area contributed by atoms with Gasteiger partial charge in [0.05, 0.1) is 16.3 Å². The highest BCUT2D eigenvalue weighted by molar-refractivity contribution is 7.87. The second-order valence-corrected chi connectivity index (χ2v) is 28.3. The molecule has 0 fully saturated rings. The number of benzene rings is 9. The molecule has 94 heavy (non-hydrogen) atoms. The Morgan fingerprint density at radius 1 is 0.351 bits per heavy atom. The summed E-state index contributed by atoms with van der Waals surface area (Å²) in [7, 11) is -30.5. The first-order valence-corrected chi connectivity index (χ1v) is 34.8. The highest BCUT2D eigenvalue weighted by Gasteiger charge is 2.29. The summed E-state index contributed by atoms with van der Waals surface area (Å²) in [5.41, 5.74) is -2.30. The van der Waals surface area contributed by atoms with Crippen molar-refractivity contribution >= 4 is 196 Å². The largest absolute Gasteiger partial charge is 0.505 e. The number of azo groups is 2. The third-order valence-corrected chi connectivity index (χ3v) is 19.0. The van der Waals surface area contributed by atoms with Crippen LogP contribution in [0.5, 0.6) is 11.5 Å². The van der Waals surface area contributed by atoms with E-state index in [2.05, 4.69) is 71.6 Å². The van der Waals surface area contributed by atoms with E-state index in [1.807, 2.05) is 0 Å². The number of nitrogens with one attached hydrogen (secondary N) is 4. The predicted octanol–water partition coefficient (Wildman–Crippen LogP) is 10.7. The standard InChI is InChI=1S/C52H34Cl2N14O20S6/c53-47-59-49(63-51(61-47)57-32-7-1-4-23-21-39(92(80,81)82)42(44(70)40(23)32)68-67-35-19-16-29-31(46(35)94(86,87)88)6-3-9-38(29)91(77,78)79)55-25-11-13-26(14-12-25)56-50-60-48(54)62-52(64-50)58-36-22-27(89(71,72)73)20-24-10-17-33(43(69)41(24)36)65-66-34-18-15-28-30(45(34)93(83,84)85)5-2-8-37(28)90(74,75)76/h1-22,69-70H,(H,71,72,73)(H,74,75,76)(H,77,78,79)(H,80,81,82)(H,83,84,85)(H,86,87,88)(H2,55,57,59,61,63)(H2,56,58,60,62,64). The SMILES string of the molecule is O=S(=O)(O)c1cc(Nc2nc(Cl)nc(Nc3ccc(Nc4nc(Cl)nc(Nc5cccc6cc(S(=O)(=O)O)c(N=Nc7ccc8c(S(=O)(=O)O)cccc8c7S(=O)(=O)O)c(O)c56)n4)cc3)n2)c2c(O)c(N=Nc3ccc4c(S(=O)(=O)O)cccc4c3S(=O)(=O)O)ccc2c1. The lowest BCUT2D eigenvalue weighted by Gasteiger charge is -2.14. The van der Waals surface area contributed by atoms with Crippen molar-refractivity contribution < 1.29 is 88.0 Å². The normalized spacial score (nSPS) is 12.8. The van der Waals surface area contributed by atoms with Crippen LogP contribution < -0.4 is 21.3 Å². The van der Waals surface area contributed by atoms with Gasteiger partial charge < -0.3 is 31.5 Å². The molecule has 2 heterocycles. The van der Waals surface area contributed by atoms with E-state index in [0.717, 1.165) is 84.9 Å². The van der Waals surface area contributed by atoms with Gasteiger partial charge >= 0.3 is 0 Å². The van der Waals surface area contributed by atoms with Crippen LogP contribution in [0, 0.1) is 0 Å². The van der Waals surface area contributed by atoms with Crippen molar-refractivity contribution in [2.75, 3.05) is 21.3 Å². The van der Waals surface area contributed by atoms with Crippen LogP contribution in [-0.4, -0.2) is 118 Å². The summed E-state index contributed by atoms with van der Waals surface area (Å²) < 4.78 is 210. The summed E-state index contributed by atoms with van der Waals surface area (Å²) >= 11 is 12.6. The number of halogens is 2. The molecule has 0 aliphatic heterocycles. The van der Waals surface area contributed by atoms with Crippen LogP contribution in [0.1, 0.15) is 0 Å². The third-order valence-electron chi connectivity index (χ3n) is 13.3. The van der Waals surface area contributed by atoms with Crippen LogP contribution in [0.2, 0.25) is 10.6 Å². The van der Waals surface area contributed by atoms with Crippen LogP contribution >= 0.6 is 23.2 Å². The summed E-state index contributed by atoms with van der Waals surface area (Å²) in [5.74, 6) is -2.74. The van der Waals surface area contributed by atoms with E-state index >= 15 is 0 Å². The molecule has 0 aliphatic rings. The number of anilines is 8. The van der Waals surface area contributed by atoms with E-state index in [1.165, 1.54) is 48.5 Å². The molecule has 34 nitrogen and oxygen atoms in total. The van der Waals surface area contributed by atoms with Crippen molar-refractivity contribution in [1.29, 1.82) is 0 Å². The molecule has 42 heteroatoms. The molecular formula is C52H34Cl2N14O20S6. The Balaban J connectivity index is 0.848. The molecule has 12 N–H and O–H groups in total. The van der Waals surface area contributed by atoms with E-state index in [0.29, 0.717) is 11.4 Å². The minimum absolute atomic E-state index is 0.0379. The van der Waals surface area contributed by atoms with Gasteiger partial charge in [0.1, 0.15) is 47.2 Å². The van der Waals surface area contributed by atoms with E-state index in [9.17, 15) is 88.0 Å². The lowest BCUT2D eigenvalue weighted by Crippen LogP contribution is -2.06. The van der Waals surface area contributed by atoms with Crippen LogP contribution in [0.3, 0.4) is 0 Å². The molecule has 9 aromatic carbocycles. The monoisotopic (exact) mass is 1440 g/mol. The number of aromatic hydroxyl groups is 2. The summed E-state index contributed by atoms with van der Waals surface area (Å²) in [6, 6.07) is 25.6. The molecule has 0 saturated carbocycles. The maximum Gasteiger partial charge on any atom is 0.297 e. The Kier molecular flexibility index (Phi) is 16.9. The Hall–Kier alpha value is -9.92. The molecule has 0 saturated heterocycles. The van der Waals surface area contributed by atoms with E-state index in [-0.39, 0.29) is 83.8 Å². The molecule has 0 unspecified atom stereocenters. The molecule has 0 atom stereocenters. The van der Waals surface area contributed by atoms with Gasteiger partial charge in [0.15, 0.2) is 11.5 Å². The summed E-state index contributed by atoms with van der Waals surface area (Å²) in [4.78, 5) is 19.8. The number of rotatable bonds is 18. The first kappa shape index (κ1) is 65.6. The first-order chi connectivity index (χ1) is 44.0. The zero-order valence-electron chi connectivity index (χ0n) is 45.9. The Labute approximate surface area is 537 Å². The van der Waals surface area contributed by atoms with Crippen LogP contribution in [0.4, 0.5) is 69.3 Å². The number of nitrogens with zero attached hydrogens (tertiary/aromatic N) is 10. The second-order valence-electron chi connectivity index (χ2n) is 19.3. The highest BCUT2D eigenvalue weighted by Crippen LogP contribution is 2.47. The fourth-order valence-corrected chi connectivity index (χ4v) is 14.1. The van der Waals surface area contributed by atoms with Crippen molar-refractivity contribution in [3.8, 4) is 11.5 Å². The maximum absolute atomic E-state index is 12.7. The Bertz CT molecular complexity index is 5890. The van der Waals surface area contributed by atoms with Crippen LogP contribution in [-0.2, 0) is 60.7 Å². The van der Waals surface area contributed by atoms with Crippen molar-refractivity contribution in [3.05, 3.63) is 144 Å². The molecule has 482 valence electrons. The number of phenols is 2. The summed E-state index contributed by atoms with van der Waals surface area (Å²) in [6.45, 7) is 0. The van der Waals surface area contributed by atoms with Crippen molar-refractivity contribution in [2.24, 2.45) is 20.5 Å². The lowest BCUT2D eigenvalue weighted by atomic mass is 10.1. The zero-order valence-corrected chi connectivity index (χ0v) is 52.3. The van der Waals surface area contributed by atoms with Gasteiger partial charge in [-0.2, -0.15) is 80.4 Å². The minimum Gasteiger partial charge on any atom is -0.505 e. The molecule has 0 bridgehead atoms. The number of phenolic OH excluding ortho intramolecular Hbond substituents is 2. The molecule has 0 radical (unpaired) electrons. The van der Waals surface area contributed by atoms with E-state index < -0.39 is 129 Å². The molecule has 11 aromatic rings. The number of fused-ring (bicyclic) bond motifs is 4. The number of hydrogen-bond acceptors (Lipinski definition) is 28. The van der Waals surface area contributed by atoms with Gasteiger partial charge in [0, 0.05) is 43.7 Å². The van der Waals surface area contributed by atoms with Gasteiger partial charge in [-0.15, -0.1) is 20.5 Å². The van der Waals surface area contributed by atoms with Crippen LogP contribution in [0.25, 0.3) is 43.1 Å². The molecule has 2 aromatic heterocycles. The summed E-state index contributed by atoms with van der Waals surface area (Å²) in [5, 5.41) is 47.4. The quantitative estimate of drug-likeness (QED) is 0.0280. The van der Waals surface area contributed by atoms with E-state index in [1.54, 1.807) is 0 Å². The van der Waals surface area contributed by atoms with Crippen molar-refractivity contribution in [3.63, 3.8) is 0 Å². The smallest absolute Gasteiger partial charge is 0.297 e. The third kappa shape index (κ3) is 13.6. The van der Waals surface area contributed by atoms with Gasteiger partial charge in [0.2, 0.25) is 34.4 Å². The maximum atomic E-state index is 12.7. The molecule has 0 amide bonds. The Morgan fingerprint density at radius 2 is 0.766 bits per heavy atom. The van der Waals surface area contributed by atoms with Crippen molar-refractivity contribution in [1.82, 2.24) is 29.9 Å². The fourth-order valence-electron chi connectivity index (χ4n) is 9.53. The zero-order chi connectivity index (χ0) is 67.8. The molecule has 11 rings (SSSR count). The van der Waals surface area contributed by atoms with E-state index in [4.69, 9.17) is 23.2 Å². The fraction of sp³-hybridized carbons (Fsp3) is 0. The molecule has 0 spiro atoms. The first-order valence-electron chi connectivity index (χ1n) is 25.4. The topological polar surface area (TPSA) is 542 Å². The van der Waals surface area contributed by atoms with Gasteiger partial charge in [-0.1, -0.05) is 54.6 Å².